The number of cyclic esters (lactones) is 1. The molecule has 0 saturated carbocycles. The van der Waals surface area contributed by atoms with Crippen molar-refractivity contribution < 1.29 is 14.3 Å². The Kier molecular flexibility index (Phi) is 2.10. The van der Waals surface area contributed by atoms with Gasteiger partial charge in [0.2, 0.25) is 5.91 Å². The van der Waals surface area contributed by atoms with Gasteiger partial charge < -0.3 is 15.4 Å². The summed E-state index contributed by atoms with van der Waals surface area (Å²) in [6.07, 6.45) is 0.877. The van der Waals surface area contributed by atoms with Gasteiger partial charge in [-0.15, -0.1) is 0 Å². The van der Waals surface area contributed by atoms with E-state index in [0.717, 1.165) is 0 Å². The minimum absolute atomic E-state index is 0.194. The van der Waals surface area contributed by atoms with E-state index >= 15 is 0 Å². The fourth-order valence-electron chi connectivity index (χ4n) is 0.613. The number of hydrogen-bond donors (Lipinski definition) is 2. The largest absolute Gasteiger partial charge is 0.412 e. The van der Waals surface area contributed by atoms with Crippen molar-refractivity contribution in [3.8, 4) is 0 Å². The van der Waals surface area contributed by atoms with Gasteiger partial charge in [-0.05, 0) is 0 Å². The molecule has 0 aromatic rings. The maximum Gasteiger partial charge on any atom is 0.412 e. The van der Waals surface area contributed by atoms with Crippen molar-refractivity contribution >= 4 is 12.0 Å². The molecule has 1 aliphatic rings. The second kappa shape index (κ2) is 3.05. The molecule has 5 nitrogen and oxygen atoms in total. The number of carbonyl (C=O) groups is 2. The highest BCUT2D eigenvalue weighted by molar-refractivity contribution is 5.75. The van der Waals surface area contributed by atoms with Gasteiger partial charge in [0.1, 0.15) is 5.76 Å². The van der Waals surface area contributed by atoms with Crippen LogP contribution in [0.5, 0.6) is 0 Å². The van der Waals surface area contributed by atoms with E-state index in [9.17, 15) is 9.59 Å². The molecule has 2 amide bonds. The average Bonchev–Trinajstić information content (AvgIpc) is 2.31. The second-order valence-electron chi connectivity index (χ2n) is 2.05. The lowest BCUT2D eigenvalue weighted by Crippen LogP contribution is -2.14. The van der Waals surface area contributed by atoms with E-state index in [-0.39, 0.29) is 5.91 Å². The van der Waals surface area contributed by atoms with Crippen LogP contribution in [-0.2, 0) is 9.53 Å². The first-order valence-corrected chi connectivity index (χ1v) is 3.10. The van der Waals surface area contributed by atoms with Gasteiger partial charge >= 0.3 is 6.09 Å². The number of carbonyl (C=O) groups excluding carboxylic acids is 2. The monoisotopic (exact) mass is 156 g/mol. The van der Waals surface area contributed by atoms with Crippen molar-refractivity contribution in [3.05, 3.63) is 12.0 Å². The molecule has 0 spiro atoms. The van der Waals surface area contributed by atoms with Crippen molar-refractivity contribution in [1.29, 1.82) is 0 Å². The molecule has 0 aliphatic carbocycles. The molecule has 1 fully saturated rings. The summed E-state index contributed by atoms with van der Waals surface area (Å²) in [6, 6.07) is 0. The van der Waals surface area contributed by atoms with Crippen LogP contribution in [0.15, 0.2) is 12.0 Å². The standard InChI is InChI=1S/C6H8N2O3/c1-4(9)7-2-5-3-8-6(10)11-5/h2H,3H2,1H3,(H,7,9)(H,8,10)/b5-2-. The van der Waals surface area contributed by atoms with E-state index in [0.29, 0.717) is 12.3 Å². The Morgan fingerprint density at radius 3 is 3.00 bits per heavy atom. The molecule has 60 valence electrons. The molecule has 2 N–H and O–H groups in total. The topological polar surface area (TPSA) is 67.4 Å². The highest BCUT2D eigenvalue weighted by Gasteiger charge is 2.14. The Bertz CT molecular complexity index is 222. The van der Waals surface area contributed by atoms with Gasteiger partial charge in [0, 0.05) is 13.1 Å². The van der Waals surface area contributed by atoms with Crippen molar-refractivity contribution in [1.82, 2.24) is 10.6 Å². The van der Waals surface area contributed by atoms with E-state index in [1.165, 1.54) is 13.1 Å². The Hall–Kier alpha value is -1.52. The van der Waals surface area contributed by atoms with Crippen molar-refractivity contribution in [2.75, 3.05) is 6.54 Å². The van der Waals surface area contributed by atoms with Crippen LogP contribution in [0.2, 0.25) is 0 Å². The number of ether oxygens (including phenoxy) is 1. The molecule has 5 heteroatoms. The molecule has 1 heterocycles. The van der Waals surface area contributed by atoms with Gasteiger partial charge in [0.15, 0.2) is 0 Å². The number of nitrogens with one attached hydrogen (secondary N) is 2. The average molecular weight is 156 g/mol. The lowest BCUT2D eigenvalue weighted by atomic mass is 10.5. The summed E-state index contributed by atoms with van der Waals surface area (Å²) in [7, 11) is 0. The number of hydrogen-bond acceptors (Lipinski definition) is 3. The molecule has 1 rings (SSSR count). The molecule has 1 aliphatic heterocycles. The number of rotatable bonds is 1. The third-order valence-corrected chi connectivity index (χ3v) is 1.07. The van der Waals surface area contributed by atoms with Gasteiger partial charge in [-0.25, -0.2) is 4.79 Å². The second-order valence-corrected chi connectivity index (χ2v) is 2.05. The van der Waals surface area contributed by atoms with Crippen molar-refractivity contribution in [2.45, 2.75) is 6.92 Å². The fraction of sp³-hybridized carbons (Fsp3) is 0.333. The third-order valence-electron chi connectivity index (χ3n) is 1.07. The van der Waals surface area contributed by atoms with Crippen LogP contribution in [0.4, 0.5) is 4.79 Å². The first-order chi connectivity index (χ1) is 5.18. The lowest BCUT2D eigenvalue weighted by molar-refractivity contribution is -0.118. The van der Waals surface area contributed by atoms with Crippen LogP contribution in [-0.4, -0.2) is 18.5 Å². The summed E-state index contributed by atoms with van der Waals surface area (Å²) in [4.78, 5) is 20.8. The predicted octanol–water partition coefficient (Wildman–Crippen LogP) is -0.296. The molecule has 0 unspecified atom stereocenters. The zero-order valence-corrected chi connectivity index (χ0v) is 6.01. The Morgan fingerprint density at radius 2 is 2.55 bits per heavy atom. The van der Waals surface area contributed by atoms with Crippen LogP contribution in [0.3, 0.4) is 0 Å². The third kappa shape index (κ3) is 2.29. The summed E-state index contributed by atoms with van der Waals surface area (Å²) in [6.45, 7) is 1.71. The van der Waals surface area contributed by atoms with E-state index in [4.69, 9.17) is 0 Å². The van der Waals surface area contributed by atoms with Gasteiger partial charge in [0.25, 0.3) is 0 Å². The van der Waals surface area contributed by atoms with Gasteiger partial charge in [-0.1, -0.05) is 0 Å². The molecule has 11 heavy (non-hydrogen) atoms. The maximum atomic E-state index is 10.4. The Balaban J connectivity index is 2.42. The van der Waals surface area contributed by atoms with Crippen LogP contribution in [0.1, 0.15) is 6.92 Å². The van der Waals surface area contributed by atoms with E-state index in [1.807, 2.05) is 0 Å². The molecule has 0 aromatic heterocycles. The lowest BCUT2D eigenvalue weighted by Gasteiger charge is -1.93. The minimum Gasteiger partial charge on any atom is -0.411 e. The number of alkyl carbamates (subject to hydrolysis) is 1. The van der Waals surface area contributed by atoms with Crippen LogP contribution in [0.25, 0.3) is 0 Å². The first kappa shape index (κ1) is 7.59. The molecule has 0 radical (unpaired) electrons. The molecule has 0 atom stereocenters. The highest BCUT2D eigenvalue weighted by atomic mass is 16.6. The molecular formula is C6H8N2O3. The van der Waals surface area contributed by atoms with Crippen molar-refractivity contribution in [3.63, 3.8) is 0 Å². The predicted molar refractivity (Wildman–Crippen MR) is 36.4 cm³/mol. The fourth-order valence-corrected chi connectivity index (χ4v) is 0.613. The van der Waals surface area contributed by atoms with Gasteiger partial charge in [-0.2, -0.15) is 0 Å². The zero-order valence-electron chi connectivity index (χ0n) is 6.01. The smallest absolute Gasteiger partial charge is 0.411 e. The molecule has 0 aromatic carbocycles. The Morgan fingerprint density at radius 1 is 1.82 bits per heavy atom. The zero-order chi connectivity index (χ0) is 8.27. The summed E-state index contributed by atoms with van der Waals surface area (Å²) in [5, 5.41) is 4.80. The quantitative estimate of drug-likeness (QED) is 0.547. The summed E-state index contributed by atoms with van der Waals surface area (Å²) in [5.41, 5.74) is 0. The summed E-state index contributed by atoms with van der Waals surface area (Å²) in [5.74, 6) is 0.227. The SMILES string of the molecule is CC(=O)N/C=C1/CNC(=O)O1. The van der Waals surface area contributed by atoms with E-state index in [1.54, 1.807) is 0 Å². The molecule has 0 bridgehead atoms. The summed E-state index contributed by atoms with van der Waals surface area (Å²) >= 11 is 0. The van der Waals surface area contributed by atoms with E-state index in [2.05, 4.69) is 15.4 Å². The van der Waals surface area contributed by atoms with Crippen LogP contribution >= 0.6 is 0 Å². The van der Waals surface area contributed by atoms with Crippen LogP contribution in [0, 0.1) is 0 Å². The minimum atomic E-state index is -0.485. The van der Waals surface area contributed by atoms with Gasteiger partial charge in [-0.3, -0.25) is 4.79 Å². The van der Waals surface area contributed by atoms with Crippen molar-refractivity contribution in [2.24, 2.45) is 0 Å². The Labute approximate surface area is 63.4 Å². The summed E-state index contributed by atoms with van der Waals surface area (Å²) < 4.78 is 4.61. The van der Waals surface area contributed by atoms with E-state index < -0.39 is 6.09 Å². The normalized spacial score (nSPS) is 19.4. The molecular weight excluding hydrogens is 148 g/mol. The van der Waals surface area contributed by atoms with Crippen LogP contribution < -0.4 is 10.6 Å². The first-order valence-electron chi connectivity index (χ1n) is 3.10. The molecule has 1 saturated heterocycles. The van der Waals surface area contributed by atoms with Gasteiger partial charge in [0.05, 0.1) is 6.54 Å². The number of amides is 2. The highest BCUT2D eigenvalue weighted by Crippen LogP contribution is 2.01. The maximum absolute atomic E-state index is 10.4.